The standard InChI is InChI=1S/C30H44O9/c1-17-26(33)23(36-3)13-25(38-17)39-19-4-9-28(16-31)21-5-8-27(2)20(18-12-24(32)37-15-18)7-11-30(27,35)22(21)6-10-29(28,34)14-19/h12,16-17,19-23,25-26,33-35H,4-11,13-15H2,1-3H3/t17-,19?,20?,21?,22?,23+,25+,26-,27-,28+,29?,30?/m1/s1. The van der Waals surface area contributed by atoms with Gasteiger partial charge in [0.2, 0.25) is 0 Å². The van der Waals surface area contributed by atoms with Gasteiger partial charge >= 0.3 is 5.97 Å². The van der Waals surface area contributed by atoms with Crippen LogP contribution in [-0.2, 0) is 28.5 Å². The van der Waals surface area contributed by atoms with E-state index in [1.54, 1.807) is 20.1 Å². The van der Waals surface area contributed by atoms with E-state index in [9.17, 15) is 24.9 Å². The number of ether oxygens (including phenoxy) is 4. The van der Waals surface area contributed by atoms with Crippen LogP contribution < -0.4 is 0 Å². The molecule has 1 saturated heterocycles. The number of rotatable bonds is 5. The van der Waals surface area contributed by atoms with Gasteiger partial charge in [-0.05, 0) is 81.6 Å². The van der Waals surface area contributed by atoms with Crippen molar-refractivity contribution in [2.45, 2.75) is 120 Å². The zero-order chi connectivity index (χ0) is 27.8. The third-order valence-electron chi connectivity index (χ3n) is 12.1. The monoisotopic (exact) mass is 548 g/mol. The lowest BCUT2D eigenvalue weighted by molar-refractivity contribution is -0.287. The maximum absolute atomic E-state index is 13.0. The van der Waals surface area contributed by atoms with Crippen LogP contribution in [0.1, 0.15) is 78.1 Å². The lowest BCUT2D eigenvalue weighted by Crippen LogP contribution is -2.69. The minimum atomic E-state index is -1.21. The van der Waals surface area contributed by atoms with Crippen LogP contribution in [0.15, 0.2) is 11.6 Å². The molecule has 0 bridgehead atoms. The number of hydrogen-bond acceptors (Lipinski definition) is 9. The first-order valence-electron chi connectivity index (χ1n) is 14.8. The van der Waals surface area contributed by atoms with Gasteiger partial charge in [-0.3, -0.25) is 0 Å². The number of carbonyl (C=O) groups is 2. The number of carbonyl (C=O) groups excluding carboxylic acids is 2. The van der Waals surface area contributed by atoms with Crippen molar-refractivity contribution in [2.24, 2.45) is 28.6 Å². The first-order chi connectivity index (χ1) is 18.5. The number of aldehydes is 1. The molecule has 3 N–H and O–H groups in total. The molecule has 12 atom stereocenters. The van der Waals surface area contributed by atoms with Crippen molar-refractivity contribution in [1.82, 2.24) is 0 Å². The SMILES string of the molecule is CO[C@H]1C[C@H](OC2CC[C@]3(C=O)C4CC[C@]5(C)C(C6=CC(=O)OC6)CCC5(O)C4CCC3(O)C2)O[C@H](C)[C@H]1O. The fourth-order valence-corrected chi connectivity index (χ4v) is 9.98. The topological polar surface area (TPSA) is 132 Å². The third-order valence-corrected chi connectivity index (χ3v) is 12.1. The lowest BCUT2D eigenvalue weighted by atomic mass is 9.41. The Hall–Kier alpha value is -1.36. The summed E-state index contributed by atoms with van der Waals surface area (Å²) in [4.78, 5) is 24.8. The minimum absolute atomic E-state index is 0.0827. The number of aliphatic hydroxyl groups is 3. The van der Waals surface area contributed by atoms with Gasteiger partial charge in [-0.2, -0.15) is 0 Å². The number of hydrogen-bond donors (Lipinski definition) is 3. The number of esters is 1. The first-order valence-corrected chi connectivity index (χ1v) is 14.8. The van der Waals surface area contributed by atoms with E-state index in [2.05, 4.69) is 6.92 Å². The zero-order valence-electron chi connectivity index (χ0n) is 23.3. The Morgan fingerprint density at radius 2 is 1.85 bits per heavy atom. The van der Waals surface area contributed by atoms with E-state index in [4.69, 9.17) is 18.9 Å². The smallest absolute Gasteiger partial charge is 0.331 e. The first kappa shape index (κ1) is 27.8. The van der Waals surface area contributed by atoms with Crippen molar-refractivity contribution in [3.05, 3.63) is 11.6 Å². The van der Waals surface area contributed by atoms with Gasteiger partial charge in [0, 0.05) is 31.4 Å². The lowest BCUT2D eigenvalue weighted by Gasteiger charge is -2.65. The highest BCUT2D eigenvalue weighted by molar-refractivity contribution is 5.85. The second kappa shape index (κ2) is 9.60. The van der Waals surface area contributed by atoms with Crippen LogP contribution in [0.3, 0.4) is 0 Å². The molecule has 2 heterocycles. The Bertz CT molecular complexity index is 1030. The van der Waals surface area contributed by atoms with Crippen molar-refractivity contribution in [2.75, 3.05) is 13.7 Å². The van der Waals surface area contributed by atoms with Gasteiger partial charge in [-0.1, -0.05) is 6.92 Å². The quantitative estimate of drug-likeness (QED) is 0.269. The van der Waals surface area contributed by atoms with Crippen LogP contribution in [0.4, 0.5) is 0 Å². The maximum Gasteiger partial charge on any atom is 0.331 e. The van der Waals surface area contributed by atoms with Crippen molar-refractivity contribution >= 4 is 12.3 Å². The van der Waals surface area contributed by atoms with Crippen molar-refractivity contribution in [3.8, 4) is 0 Å². The second-order valence-electron chi connectivity index (χ2n) is 13.5. The van der Waals surface area contributed by atoms with Gasteiger partial charge in [0.1, 0.15) is 19.0 Å². The summed E-state index contributed by atoms with van der Waals surface area (Å²) in [5.41, 5.74) is -2.52. The Labute approximate surface area is 230 Å². The molecule has 0 aromatic heterocycles. The highest BCUT2D eigenvalue weighted by Crippen LogP contribution is 2.70. The van der Waals surface area contributed by atoms with Gasteiger partial charge in [-0.25, -0.2) is 4.79 Å². The summed E-state index contributed by atoms with van der Waals surface area (Å²) >= 11 is 0. The normalized spacial score (nSPS) is 53.3. The van der Waals surface area contributed by atoms with Gasteiger partial charge < -0.3 is 39.1 Å². The van der Waals surface area contributed by atoms with Crippen molar-refractivity contribution < 1.29 is 43.9 Å². The van der Waals surface area contributed by atoms with E-state index in [1.807, 2.05) is 0 Å². The molecular formula is C30H44O9. The molecule has 0 spiro atoms. The van der Waals surface area contributed by atoms with Gasteiger partial charge in [0.25, 0.3) is 0 Å². The number of fused-ring (bicyclic) bond motifs is 5. The predicted octanol–water partition coefficient (Wildman–Crippen LogP) is 2.43. The number of cyclic esters (lactones) is 1. The van der Waals surface area contributed by atoms with Crippen molar-refractivity contribution in [3.63, 3.8) is 0 Å². The summed E-state index contributed by atoms with van der Waals surface area (Å²) in [7, 11) is 1.57. The van der Waals surface area contributed by atoms with Crippen LogP contribution in [0.5, 0.6) is 0 Å². The van der Waals surface area contributed by atoms with E-state index in [-0.39, 0.29) is 35.9 Å². The summed E-state index contributed by atoms with van der Waals surface area (Å²) < 4.78 is 22.9. The van der Waals surface area contributed by atoms with E-state index >= 15 is 0 Å². The average molecular weight is 549 g/mol. The summed E-state index contributed by atoms with van der Waals surface area (Å²) in [6, 6.07) is 0. The van der Waals surface area contributed by atoms with Gasteiger partial charge in [-0.15, -0.1) is 0 Å². The molecule has 0 aromatic rings. The fraction of sp³-hybridized carbons (Fsp3) is 0.867. The molecule has 9 nitrogen and oxygen atoms in total. The molecule has 6 aliphatic rings. The molecule has 0 radical (unpaired) electrons. The molecular weight excluding hydrogens is 504 g/mol. The summed E-state index contributed by atoms with van der Waals surface area (Å²) in [5.74, 6) is -0.420. The summed E-state index contributed by atoms with van der Waals surface area (Å²) in [5, 5.41) is 34.8. The Balaban J connectivity index is 1.21. The van der Waals surface area contributed by atoms with Crippen LogP contribution >= 0.6 is 0 Å². The highest BCUT2D eigenvalue weighted by atomic mass is 16.7. The predicted molar refractivity (Wildman–Crippen MR) is 138 cm³/mol. The molecule has 0 aromatic carbocycles. The number of aliphatic hydroxyl groups excluding tert-OH is 1. The van der Waals surface area contributed by atoms with E-state index < -0.39 is 40.5 Å². The fourth-order valence-electron chi connectivity index (χ4n) is 9.98. The average Bonchev–Trinajstić information content (AvgIpc) is 3.45. The van der Waals surface area contributed by atoms with E-state index in [0.717, 1.165) is 31.1 Å². The highest BCUT2D eigenvalue weighted by Gasteiger charge is 2.71. The molecule has 39 heavy (non-hydrogen) atoms. The van der Waals surface area contributed by atoms with Crippen molar-refractivity contribution in [1.29, 1.82) is 0 Å². The molecule has 0 amide bonds. The summed E-state index contributed by atoms with van der Waals surface area (Å²) in [6.07, 6.45) is 6.10. The molecule has 218 valence electrons. The zero-order valence-corrected chi connectivity index (χ0v) is 23.3. The second-order valence-corrected chi connectivity index (χ2v) is 13.5. The third kappa shape index (κ3) is 3.94. The van der Waals surface area contributed by atoms with Crippen LogP contribution in [0.25, 0.3) is 0 Å². The molecule has 9 heteroatoms. The molecule has 5 fully saturated rings. The van der Waals surface area contributed by atoms with Gasteiger partial charge in [0.15, 0.2) is 6.29 Å². The maximum atomic E-state index is 13.0. The minimum Gasteiger partial charge on any atom is -0.458 e. The molecule has 6 rings (SSSR count). The van der Waals surface area contributed by atoms with Gasteiger partial charge in [0.05, 0.1) is 34.9 Å². The van der Waals surface area contributed by atoms with Crippen LogP contribution in [-0.4, -0.2) is 83.2 Å². The molecule has 6 unspecified atom stereocenters. The Kier molecular flexibility index (Phi) is 6.84. The molecule has 2 aliphatic heterocycles. The molecule has 4 aliphatic carbocycles. The van der Waals surface area contributed by atoms with Crippen LogP contribution in [0.2, 0.25) is 0 Å². The Morgan fingerprint density at radius 3 is 2.54 bits per heavy atom. The molecule has 4 saturated carbocycles. The number of methoxy groups -OCH3 is 1. The summed E-state index contributed by atoms with van der Waals surface area (Å²) in [6.45, 7) is 4.25. The van der Waals surface area contributed by atoms with Crippen LogP contribution in [0, 0.1) is 28.6 Å². The largest absolute Gasteiger partial charge is 0.458 e. The van der Waals surface area contributed by atoms with E-state index in [0.29, 0.717) is 51.6 Å². The Morgan fingerprint density at radius 1 is 1.08 bits per heavy atom. The van der Waals surface area contributed by atoms with E-state index in [1.165, 1.54) is 0 Å².